The molecule has 42 heavy (non-hydrogen) atoms. The molecule has 3 rings (SSSR count). The Morgan fingerprint density at radius 2 is 1.64 bits per heavy atom. The highest BCUT2D eigenvalue weighted by Crippen LogP contribution is 2.29. The molecule has 1 aliphatic heterocycles. The number of aryl methyl sites for hydroxylation is 1. The Bertz CT molecular complexity index is 776. The average molecular weight is 588 g/mol. The van der Waals surface area contributed by atoms with Gasteiger partial charge in [0.25, 0.3) is 5.09 Å². The molecule has 1 aliphatic carbocycles. The summed E-state index contributed by atoms with van der Waals surface area (Å²) >= 11 is 0. The third-order valence-corrected chi connectivity index (χ3v) is 8.39. The molecule has 240 valence electrons. The minimum absolute atomic E-state index is 0.213. The van der Waals surface area contributed by atoms with Crippen molar-refractivity contribution in [2.24, 2.45) is 11.8 Å². The number of unbranched alkanes of at least 4 members (excludes halogenated alkanes) is 4. The first-order chi connectivity index (χ1) is 20.6. The smallest absolute Gasteiger partial charge is 0.294 e. The van der Waals surface area contributed by atoms with Gasteiger partial charge < -0.3 is 15.1 Å². The number of nitrogens with one attached hydrogen (secondary N) is 1. The van der Waals surface area contributed by atoms with Crippen molar-refractivity contribution in [2.75, 3.05) is 32.8 Å². The van der Waals surface area contributed by atoms with Crippen molar-refractivity contribution in [2.45, 2.75) is 123 Å². The first-order valence-corrected chi connectivity index (χ1v) is 16.9. The van der Waals surface area contributed by atoms with E-state index in [-0.39, 0.29) is 6.61 Å². The minimum atomic E-state index is -0.726. The van der Waals surface area contributed by atoms with E-state index in [1.54, 1.807) is 0 Å². The summed E-state index contributed by atoms with van der Waals surface area (Å²) in [6.07, 6.45) is 27.0. The lowest BCUT2D eigenvalue weighted by Gasteiger charge is -2.31. The van der Waals surface area contributed by atoms with Gasteiger partial charge in [-0.25, -0.2) is 0 Å². The third kappa shape index (κ3) is 22.2. The molecule has 1 aromatic rings. The zero-order valence-electron chi connectivity index (χ0n) is 26.9. The SMILES string of the molecule is C/C=C\CCCC.O=CNCCCN1CCC(CCCO[N+](=O)[O-])CC1.c1ccc(CCCCCC2CCCC2)cc1. The molecule has 1 amide bonds. The van der Waals surface area contributed by atoms with Crippen LogP contribution in [-0.4, -0.2) is 49.2 Å². The van der Waals surface area contributed by atoms with E-state index in [4.69, 9.17) is 0 Å². The highest BCUT2D eigenvalue weighted by atomic mass is 16.9. The molecule has 1 N–H and O–H groups in total. The molecule has 0 unspecified atom stereocenters. The predicted octanol–water partition coefficient (Wildman–Crippen LogP) is 8.56. The van der Waals surface area contributed by atoms with Crippen molar-refractivity contribution in [3.8, 4) is 0 Å². The van der Waals surface area contributed by atoms with Gasteiger partial charge >= 0.3 is 0 Å². The zero-order chi connectivity index (χ0) is 30.5. The Kier molecular flexibility index (Phi) is 24.6. The number of carbonyl (C=O) groups is 1. The van der Waals surface area contributed by atoms with E-state index in [2.05, 4.69) is 71.4 Å². The van der Waals surface area contributed by atoms with Gasteiger partial charge in [0.15, 0.2) is 0 Å². The van der Waals surface area contributed by atoms with Gasteiger partial charge in [-0.3, -0.25) is 4.79 Å². The largest absolute Gasteiger partial charge is 0.359 e. The van der Waals surface area contributed by atoms with Crippen molar-refractivity contribution >= 4 is 6.41 Å². The molecule has 0 spiro atoms. The molecule has 1 saturated heterocycles. The summed E-state index contributed by atoms with van der Waals surface area (Å²) in [5.41, 5.74) is 1.50. The maximum absolute atomic E-state index is 10.1. The van der Waals surface area contributed by atoms with E-state index in [0.29, 0.717) is 5.92 Å². The Morgan fingerprint density at radius 3 is 2.29 bits per heavy atom. The summed E-state index contributed by atoms with van der Waals surface area (Å²) in [6.45, 7) is 8.42. The highest BCUT2D eigenvalue weighted by Gasteiger charge is 2.18. The van der Waals surface area contributed by atoms with Gasteiger partial charge in [-0.1, -0.05) is 107 Å². The van der Waals surface area contributed by atoms with Gasteiger partial charge in [0.2, 0.25) is 6.41 Å². The van der Waals surface area contributed by atoms with Crippen LogP contribution in [0.4, 0.5) is 0 Å². The lowest BCUT2D eigenvalue weighted by molar-refractivity contribution is -0.757. The fraction of sp³-hybridized carbons (Fsp3) is 0.743. The minimum Gasteiger partial charge on any atom is -0.359 e. The molecule has 7 nitrogen and oxygen atoms in total. The van der Waals surface area contributed by atoms with Gasteiger partial charge in [0, 0.05) is 6.54 Å². The molecule has 0 bridgehead atoms. The molecule has 7 heteroatoms. The van der Waals surface area contributed by atoms with Crippen LogP contribution in [0.3, 0.4) is 0 Å². The fourth-order valence-electron chi connectivity index (χ4n) is 5.84. The Hall–Kier alpha value is -2.41. The molecule has 1 heterocycles. The van der Waals surface area contributed by atoms with Crippen LogP contribution in [0.5, 0.6) is 0 Å². The second-order valence-corrected chi connectivity index (χ2v) is 11.9. The summed E-state index contributed by atoms with van der Waals surface area (Å²) in [6, 6.07) is 10.9. The van der Waals surface area contributed by atoms with Crippen LogP contribution >= 0.6 is 0 Å². The standard InChI is InChI=1S/C16H24.C12H23N3O4.C7H14/c1-3-9-15(10-4-1)11-5-2-6-12-16-13-7-8-14-16;16-11-13-6-2-7-14-8-4-12(5-9-14)3-1-10-19-15(17)18;1-3-5-7-6-4-2/h1,3-4,9-10,16H,2,5-8,11-14H2;11-12H,1-10H2,(H,13,16);3,5H,4,6-7H2,1-2H3/b;;5-3-. The second-order valence-electron chi connectivity index (χ2n) is 11.9. The Balaban J connectivity index is 0.000000347. The third-order valence-electron chi connectivity index (χ3n) is 8.39. The number of likely N-dealkylation sites (tertiary alicyclic amines) is 1. The van der Waals surface area contributed by atoms with Gasteiger partial charge in [0.05, 0.1) is 6.61 Å². The molecule has 0 atom stereocenters. The van der Waals surface area contributed by atoms with E-state index in [0.717, 1.165) is 70.6 Å². The number of nitrogens with zero attached hydrogens (tertiary/aromatic N) is 2. The average Bonchev–Trinajstić information content (AvgIpc) is 3.53. The molecule has 1 saturated carbocycles. The second kappa shape index (κ2) is 27.4. The number of piperidine rings is 1. The topological polar surface area (TPSA) is 84.7 Å². The van der Waals surface area contributed by atoms with Crippen LogP contribution < -0.4 is 5.32 Å². The van der Waals surface area contributed by atoms with Crippen LogP contribution in [0.1, 0.15) is 122 Å². The lowest BCUT2D eigenvalue weighted by atomic mass is 9.92. The molecular weight excluding hydrogens is 526 g/mol. The Labute approximate surface area is 257 Å². The summed E-state index contributed by atoms with van der Waals surface area (Å²) < 4.78 is 0. The first-order valence-electron chi connectivity index (χ1n) is 16.9. The normalized spacial score (nSPS) is 15.9. The maximum Gasteiger partial charge on any atom is 0.294 e. The number of hydrogen-bond acceptors (Lipinski definition) is 5. The highest BCUT2D eigenvalue weighted by molar-refractivity contribution is 5.45. The van der Waals surface area contributed by atoms with Gasteiger partial charge in [-0.15, -0.1) is 10.1 Å². The summed E-state index contributed by atoms with van der Waals surface area (Å²) in [5.74, 6) is 1.75. The van der Waals surface area contributed by atoms with Gasteiger partial charge in [-0.05, 0) is 95.3 Å². The van der Waals surface area contributed by atoms with E-state index in [9.17, 15) is 14.9 Å². The van der Waals surface area contributed by atoms with Crippen LogP contribution in [0.15, 0.2) is 42.5 Å². The van der Waals surface area contributed by atoms with Crippen molar-refractivity contribution in [3.63, 3.8) is 0 Å². The summed E-state index contributed by atoms with van der Waals surface area (Å²) in [5, 5.41) is 11.9. The maximum atomic E-state index is 10.1. The molecule has 0 radical (unpaired) electrons. The monoisotopic (exact) mass is 587 g/mol. The van der Waals surface area contributed by atoms with Crippen molar-refractivity contribution in [1.82, 2.24) is 10.2 Å². The van der Waals surface area contributed by atoms with Crippen LogP contribution in [-0.2, 0) is 16.1 Å². The number of hydrogen-bond donors (Lipinski definition) is 1. The molecule has 0 aromatic heterocycles. The van der Waals surface area contributed by atoms with Crippen molar-refractivity contribution < 1.29 is 14.7 Å². The van der Waals surface area contributed by atoms with Crippen LogP contribution in [0, 0.1) is 22.0 Å². The number of benzene rings is 1. The number of amides is 1. The van der Waals surface area contributed by atoms with E-state index >= 15 is 0 Å². The number of allylic oxidation sites excluding steroid dienone is 2. The first kappa shape index (κ1) is 37.6. The van der Waals surface area contributed by atoms with E-state index < -0.39 is 5.09 Å². The predicted molar refractivity (Wildman–Crippen MR) is 175 cm³/mol. The van der Waals surface area contributed by atoms with Gasteiger partial charge in [-0.2, -0.15) is 0 Å². The Morgan fingerprint density at radius 1 is 0.952 bits per heavy atom. The zero-order valence-corrected chi connectivity index (χ0v) is 26.9. The molecule has 2 fully saturated rings. The quantitative estimate of drug-likeness (QED) is 0.0576. The van der Waals surface area contributed by atoms with Gasteiger partial charge in [0.1, 0.15) is 0 Å². The lowest BCUT2D eigenvalue weighted by Crippen LogP contribution is -2.35. The van der Waals surface area contributed by atoms with Crippen LogP contribution in [0.25, 0.3) is 0 Å². The number of rotatable bonds is 19. The number of carbonyl (C=O) groups excluding carboxylic acids is 1. The molecule has 1 aromatic carbocycles. The van der Waals surface area contributed by atoms with Crippen molar-refractivity contribution in [1.29, 1.82) is 0 Å². The molecular formula is C35H61N3O4. The fourth-order valence-corrected chi connectivity index (χ4v) is 5.84. The van der Waals surface area contributed by atoms with E-state index in [1.165, 1.54) is 82.6 Å². The van der Waals surface area contributed by atoms with Crippen LogP contribution in [0.2, 0.25) is 0 Å². The van der Waals surface area contributed by atoms with E-state index in [1.807, 2.05) is 0 Å². The summed E-state index contributed by atoms with van der Waals surface area (Å²) in [4.78, 5) is 26.8. The summed E-state index contributed by atoms with van der Waals surface area (Å²) in [7, 11) is 0. The molecule has 2 aliphatic rings. The van der Waals surface area contributed by atoms with Crippen molar-refractivity contribution in [3.05, 3.63) is 58.2 Å².